The van der Waals surface area contributed by atoms with Crippen molar-refractivity contribution in [1.82, 2.24) is 14.8 Å². The smallest absolute Gasteiger partial charge is 0.234 e. The molecule has 0 saturated carbocycles. The van der Waals surface area contributed by atoms with Crippen molar-refractivity contribution in [2.75, 3.05) is 0 Å². The van der Waals surface area contributed by atoms with E-state index in [1.54, 1.807) is 4.68 Å². The average molecular weight is 197 g/mol. The number of aryl methyl sites for hydroxylation is 3. The Hall–Kier alpha value is -1.43. The van der Waals surface area contributed by atoms with E-state index in [1.165, 1.54) is 0 Å². The Morgan fingerprint density at radius 2 is 2.21 bits per heavy atom. The number of nitrogens with two attached hydrogens (primary N) is 2. The summed E-state index contributed by atoms with van der Waals surface area (Å²) in [6, 6.07) is -0.612. The van der Waals surface area contributed by atoms with Crippen molar-refractivity contribution in [1.29, 1.82) is 0 Å². The van der Waals surface area contributed by atoms with Gasteiger partial charge in [0.05, 0.1) is 6.04 Å². The van der Waals surface area contributed by atoms with E-state index in [4.69, 9.17) is 11.5 Å². The van der Waals surface area contributed by atoms with Crippen molar-refractivity contribution in [3.8, 4) is 0 Å². The number of carbonyl (C=O) groups is 1. The molecule has 0 fully saturated rings. The molecular formula is C8H15N5O. The lowest BCUT2D eigenvalue weighted by Gasteiger charge is -2.07. The first-order chi connectivity index (χ1) is 6.50. The molecule has 6 heteroatoms. The van der Waals surface area contributed by atoms with Crippen LogP contribution < -0.4 is 11.5 Å². The summed E-state index contributed by atoms with van der Waals surface area (Å²) in [4.78, 5) is 14.8. The topological polar surface area (TPSA) is 99.8 Å². The van der Waals surface area contributed by atoms with Gasteiger partial charge in [0.25, 0.3) is 0 Å². The molecule has 6 nitrogen and oxygen atoms in total. The van der Waals surface area contributed by atoms with E-state index in [9.17, 15) is 4.79 Å². The fourth-order valence-electron chi connectivity index (χ4n) is 1.18. The number of amides is 1. The summed E-state index contributed by atoms with van der Waals surface area (Å²) in [7, 11) is 0. The molecule has 0 radical (unpaired) electrons. The van der Waals surface area contributed by atoms with Gasteiger partial charge in [-0.1, -0.05) is 0 Å². The van der Waals surface area contributed by atoms with Gasteiger partial charge in [0.15, 0.2) is 0 Å². The van der Waals surface area contributed by atoms with Crippen molar-refractivity contribution < 1.29 is 4.79 Å². The Labute approximate surface area is 82.3 Å². The predicted octanol–water partition coefficient (Wildman–Crippen LogP) is -0.902. The van der Waals surface area contributed by atoms with Crippen LogP contribution in [0.1, 0.15) is 18.1 Å². The van der Waals surface area contributed by atoms with Gasteiger partial charge in [0, 0.05) is 6.54 Å². The fourth-order valence-corrected chi connectivity index (χ4v) is 1.18. The summed E-state index contributed by atoms with van der Waals surface area (Å²) in [6.07, 6.45) is 0.485. The van der Waals surface area contributed by atoms with Crippen LogP contribution in [0.3, 0.4) is 0 Å². The first-order valence-electron chi connectivity index (χ1n) is 4.43. The summed E-state index contributed by atoms with van der Waals surface area (Å²) in [6.45, 7) is 4.24. The molecule has 0 aliphatic heterocycles. The molecule has 0 aromatic carbocycles. The third-order valence-corrected chi connectivity index (χ3v) is 1.98. The summed E-state index contributed by atoms with van der Waals surface area (Å²) in [5, 5.41) is 4.14. The zero-order valence-corrected chi connectivity index (χ0v) is 8.40. The van der Waals surface area contributed by atoms with E-state index < -0.39 is 11.9 Å². The molecule has 1 aromatic heterocycles. The highest BCUT2D eigenvalue weighted by molar-refractivity contribution is 5.79. The predicted molar refractivity (Wildman–Crippen MR) is 51.3 cm³/mol. The van der Waals surface area contributed by atoms with Gasteiger partial charge in [-0.05, 0) is 20.3 Å². The molecule has 78 valence electrons. The molecule has 0 aliphatic carbocycles. The van der Waals surface area contributed by atoms with Crippen LogP contribution in [0, 0.1) is 13.8 Å². The number of primary amides is 1. The van der Waals surface area contributed by atoms with Crippen molar-refractivity contribution in [3.05, 3.63) is 11.6 Å². The van der Waals surface area contributed by atoms with E-state index in [-0.39, 0.29) is 0 Å². The lowest BCUT2D eigenvalue weighted by Crippen LogP contribution is -2.37. The number of hydrogen-bond donors (Lipinski definition) is 2. The van der Waals surface area contributed by atoms with Crippen LogP contribution in [0.15, 0.2) is 0 Å². The summed E-state index contributed by atoms with van der Waals surface area (Å²) in [5.41, 5.74) is 10.5. The van der Waals surface area contributed by atoms with E-state index in [1.807, 2.05) is 13.8 Å². The van der Waals surface area contributed by atoms with Gasteiger partial charge >= 0.3 is 0 Å². The molecular weight excluding hydrogens is 182 g/mol. The second-order valence-electron chi connectivity index (χ2n) is 3.23. The number of carbonyl (C=O) groups excluding carboxylic acids is 1. The average Bonchev–Trinajstić information content (AvgIpc) is 2.40. The molecule has 1 unspecified atom stereocenters. The summed E-state index contributed by atoms with van der Waals surface area (Å²) < 4.78 is 1.72. The van der Waals surface area contributed by atoms with Gasteiger partial charge in [-0.25, -0.2) is 4.98 Å². The van der Waals surface area contributed by atoms with Crippen molar-refractivity contribution >= 4 is 5.91 Å². The normalized spacial score (nSPS) is 12.8. The Morgan fingerprint density at radius 3 is 2.64 bits per heavy atom. The molecule has 0 aliphatic rings. The quantitative estimate of drug-likeness (QED) is 0.653. The Kier molecular flexibility index (Phi) is 3.19. The van der Waals surface area contributed by atoms with Crippen LogP contribution in [0.25, 0.3) is 0 Å². The highest BCUT2D eigenvalue weighted by atomic mass is 16.1. The van der Waals surface area contributed by atoms with E-state index in [2.05, 4.69) is 10.1 Å². The number of hydrogen-bond acceptors (Lipinski definition) is 4. The van der Waals surface area contributed by atoms with Crippen LogP contribution in [-0.4, -0.2) is 26.7 Å². The highest BCUT2D eigenvalue weighted by Gasteiger charge is 2.10. The Balaban J connectivity index is 2.53. The highest BCUT2D eigenvalue weighted by Crippen LogP contribution is 1.98. The molecule has 14 heavy (non-hydrogen) atoms. The summed E-state index contributed by atoms with van der Waals surface area (Å²) >= 11 is 0. The summed E-state index contributed by atoms with van der Waals surface area (Å²) in [5.74, 6) is 1.05. The van der Waals surface area contributed by atoms with Crippen LogP contribution in [-0.2, 0) is 11.3 Å². The number of aromatic nitrogens is 3. The second-order valence-corrected chi connectivity index (χ2v) is 3.23. The largest absolute Gasteiger partial charge is 0.368 e. The van der Waals surface area contributed by atoms with Gasteiger partial charge in [-0.15, -0.1) is 0 Å². The van der Waals surface area contributed by atoms with Crippen molar-refractivity contribution in [2.45, 2.75) is 32.9 Å². The number of rotatable bonds is 4. The van der Waals surface area contributed by atoms with E-state index >= 15 is 0 Å². The lowest BCUT2D eigenvalue weighted by atomic mass is 10.2. The van der Waals surface area contributed by atoms with Crippen LogP contribution >= 0.6 is 0 Å². The molecule has 4 N–H and O–H groups in total. The van der Waals surface area contributed by atoms with Gasteiger partial charge in [0.1, 0.15) is 11.6 Å². The van der Waals surface area contributed by atoms with Crippen LogP contribution in [0.2, 0.25) is 0 Å². The van der Waals surface area contributed by atoms with Crippen molar-refractivity contribution in [2.24, 2.45) is 11.5 Å². The maximum absolute atomic E-state index is 10.7. The minimum Gasteiger partial charge on any atom is -0.368 e. The molecule has 1 heterocycles. The SMILES string of the molecule is Cc1nc(C)n(CCC(N)C(N)=O)n1. The third-order valence-electron chi connectivity index (χ3n) is 1.98. The number of nitrogens with zero attached hydrogens (tertiary/aromatic N) is 3. The molecule has 1 atom stereocenters. The minimum absolute atomic E-state index is 0.485. The molecule has 0 bridgehead atoms. The maximum atomic E-state index is 10.7. The van der Waals surface area contributed by atoms with Crippen LogP contribution in [0.5, 0.6) is 0 Å². The molecule has 1 rings (SSSR count). The lowest BCUT2D eigenvalue weighted by molar-refractivity contribution is -0.119. The third kappa shape index (κ3) is 2.53. The van der Waals surface area contributed by atoms with Crippen molar-refractivity contribution in [3.63, 3.8) is 0 Å². The minimum atomic E-state index is -0.612. The standard InChI is InChI=1S/C8H15N5O/c1-5-11-6(2)13(12-5)4-3-7(9)8(10)14/h7H,3-4,9H2,1-2H3,(H2,10,14). The van der Waals surface area contributed by atoms with Gasteiger partial charge < -0.3 is 11.5 Å². The molecule has 0 saturated heterocycles. The fraction of sp³-hybridized carbons (Fsp3) is 0.625. The Morgan fingerprint density at radius 1 is 1.57 bits per heavy atom. The molecule has 1 aromatic rings. The second kappa shape index (κ2) is 4.19. The van der Waals surface area contributed by atoms with E-state index in [0.29, 0.717) is 13.0 Å². The van der Waals surface area contributed by atoms with Crippen LogP contribution in [0.4, 0.5) is 0 Å². The maximum Gasteiger partial charge on any atom is 0.234 e. The first-order valence-corrected chi connectivity index (χ1v) is 4.43. The van der Waals surface area contributed by atoms with Gasteiger partial charge in [-0.2, -0.15) is 5.10 Å². The molecule has 1 amide bonds. The zero-order chi connectivity index (χ0) is 10.7. The van der Waals surface area contributed by atoms with E-state index in [0.717, 1.165) is 11.6 Å². The Bertz CT molecular complexity index is 332. The molecule has 0 spiro atoms. The van der Waals surface area contributed by atoms with Gasteiger partial charge in [-0.3, -0.25) is 9.48 Å². The van der Waals surface area contributed by atoms with Gasteiger partial charge in [0.2, 0.25) is 5.91 Å². The monoisotopic (exact) mass is 197 g/mol. The zero-order valence-electron chi connectivity index (χ0n) is 8.40. The first kappa shape index (κ1) is 10.6.